The Bertz CT molecular complexity index is 1110. The molecule has 1 N–H and O–H groups in total. The second kappa shape index (κ2) is 8.51. The number of benzene rings is 1. The molecule has 1 aromatic heterocycles. The van der Waals surface area contributed by atoms with E-state index in [1.54, 1.807) is 18.3 Å². The Hall–Kier alpha value is -2.19. The Balaban J connectivity index is 1.76. The summed E-state index contributed by atoms with van der Waals surface area (Å²) in [5, 5.41) is 3.27. The second-order valence-corrected chi connectivity index (χ2v) is 10.2. The number of hydrogen-bond donors (Lipinski definition) is 1. The summed E-state index contributed by atoms with van der Waals surface area (Å²) in [7, 11) is -3.64. The SMILES string of the molecule is CCn1cc(C(=O)NC2CCCCC2)c(=O)c2cc(S(=O)(=O)N3CCCC3)ccc21. The van der Waals surface area contributed by atoms with E-state index in [-0.39, 0.29) is 27.8 Å². The molecule has 1 aliphatic carbocycles. The molecule has 162 valence electrons. The van der Waals surface area contributed by atoms with E-state index in [1.165, 1.54) is 16.8 Å². The van der Waals surface area contributed by atoms with Crippen molar-refractivity contribution in [2.45, 2.75) is 69.4 Å². The monoisotopic (exact) mass is 431 g/mol. The molecule has 1 saturated heterocycles. The van der Waals surface area contributed by atoms with Gasteiger partial charge < -0.3 is 9.88 Å². The summed E-state index contributed by atoms with van der Waals surface area (Å²) in [5.74, 6) is -0.371. The van der Waals surface area contributed by atoms with Crippen molar-refractivity contribution >= 4 is 26.8 Å². The van der Waals surface area contributed by atoms with E-state index in [4.69, 9.17) is 0 Å². The van der Waals surface area contributed by atoms with Crippen molar-refractivity contribution in [1.29, 1.82) is 0 Å². The molecule has 1 saturated carbocycles. The van der Waals surface area contributed by atoms with E-state index in [2.05, 4.69) is 5.32 Å². The maximum atomic E-state index is 13.2. The molecule has 0 atom stereocenters. The van der Waals surface area contributed by atoms with Crippen molar-refractivity contribution in [3.05, 3.63) is 40.2 Å². The second-order valence-electron chi connectivity index (χ2n) is 8.26. The van der Waals surface area contributed by atoms with Crippen LogP contribution < -0.4 is 10.7 Å². The molecular formula is C22H29N3O4S. The van der Waals surface area contributed by atoms with Gasteiger partial charge in [-0.2, -0.15) is 4.31 Å². The van der Waals surface area contributed by atoms with Gasteiger partial charge in [-0.05, 0) is 50.8 Å². The van der Waals surface area contributed by atoms with Crippen molar-refractivity contribution in [2.24, 2.45) is 0 Å². The Kier molecular flexibility index (Phi) is 5.97. The van der Waals surface area contributed by atoms with Gasteiger partial charge in [-0.15, -0.1) is 0 Å². The van der Waals surface area contributed by atoms with Crippen LogP contribution in [-0.4, -0.2) is 42.3 Å². The van der Waals surface area contributed by atoms with E-state index >= 15 is 0 Å². The number of pyridine rings is 1. The fourth-order valence-corrected chi connectivity index (χ4v) is 6.09. The molecule has 8 heteroatoms. The van der Waals surface area contributed by atoms with Gasteiger partial charge in [-0.3, -0.25) is 9.59 Å². The van der Waals surface area contributed by atoms with Crippen molar-refractivity contribution in [3.8, 4) is 0 Å². The van der Waals surface area contributed by atoms with Crippen LogP contribution in [0.25, 0.3) is 10.9 Å². The van der Waals surface area contributed by atoms with Gasteiger partial charge >= 0.3 is 0 Å². The van der Waals surface area contributed by atoms with Crippen LogP contribution in [0.4, 0.5) is 0 Å². The van der Waals surface area contributed by atoms with Crippen LogP contribution >= 0.6 is 0 Å². The third-order valence-corrected chi connectivity index (χ3v) is 8.17. The Morgan fingerprint density at radius 3 is 2.47 bits per heavy atom. The van der Waals surface area contributed by atoms with E-state index < -0.39 is 15.5 Å². The van der Waals surface area contributed by atoms with Gasteiger partial charge in [0.05, 0.1) is 10.4 Å². The maximum absolute atomic E-state index is 13.2. The quantitative estimate of drug-likeness (QED) is 0.788. The Morgan fingerprint density at radius 2 is 1.80 bits per heavy atom. The first-order valence-corrected chi connectivity index (χ1v) is 12.3. The smallest absolute Gasteiger partial charge is 0.256 e. The lowest BCUT2D eigenvalue weighted by molar-refractivity contribution is 0.0926. The zero-order chi connectivity index (χ0) is 21.3. The van der Waals surface area contributed by atoms with Crippen LogP contribution in [0.5, 0.6) is 0 Å². The highest BCUT2D eigenvalue weighted by molar-refractivity contribution is 7.89. The molecular weight excluding hydrogens is 402 g/mol. The van der Waals surface area contributed by atoms with Crippen LogP contribution in [0, 0.1) is 0 Å². The molecule has 1 aliphatic heterocycles. The Morgan fingerprint density at radius 1 is 1.10 bits per heavy atom. The summed E-state index contributed by atoms with van der Waals surface area (Å²) < 4.78 is 29.2. The third-order valence-electron chi connectivity index (χ3n) is 6.28. The Labute approximate surface area is 177 Å². The first-order chi connectivity index (χ1) is 14.4. The highest BCUT2D eigenvalue weighted by Gasteiger charge is 2.28. The van der Waals surface area contributed by atoms with Crippen LogP contribution in [-0.2, 0) is 16.6 Å². The molecule has 0 radical (unpaired) electrons. The maximum Gasteiger partial charge on any atom is 0.256 e. The summed E-state index contributed by atoms with van der Waals surface area (Å²) in [6.07, 6.45) is 8.50. The largest absolute Gasteiger partial charge is 0.349 e. The van der Waals surface area contributed by atoms with Gasteiger partial charge in [0.25, 0.3) is 5.91 Å². The van der Waals surface area contributed by atoms with Crippen molar-refractivity contribution < 1.29 is 13.2 Å². The molecule has 0 spiro atoms. The summed E-state index contributed by atoms with van der Waals surface area (Å²) in [6.45, 7) is 3.51. The predicted molar refractivity (Wildman–Crippen MR) is 116 cm³/mol. The zero-order valence-electron chi connectivity index (χ0n) is 17.4. The summed E-state index contributed by atoms with van der Waals surface area (Å²) in [6, 6.07) is 4.77. The topological polar surface area (TPSA) is 88.5 Å². The number of carbonyl (C=O) groups excluding carboxylic acids is 1. The molecule has 7 nitrogen and oxygen atoms in total. The number of fused-ring (bicyclic) bond motifs is 1. The van der Waals surface area contributed by atoms with Crippen LogP contribution in [0.2, 0.25) is 0 Å². The molecule has 2 heterocycles. The van der Waals surface area contributed by atoms with Gasteiger partial charge in [0.15, 0.2) is 0 Å². The van der Waals surface area contributed by atoms with E-state index in [0.717, 1.165) is 38.5 Å². The van der Waals surface area contributed by atoms with E-state index in [0.29, 0.717) is 25.2 Å². The summed E-state index contributed by atoms with van der Waals surface area (Å²) in [5.41, 5.74) is 0.296. The lowest BCUT2D eigenvalue weighted by atomic mass is 9.95. The van der Waals surface area contributed by atoms with E-state index in [1.807, 2.05) is 11.5 Å². The molecule has 2 aromatic rings. The zero-order valence-corrected chi connectivity index (χ0v) is 18.2. The molecule has 4 rings (SSSR count). The first kappa shape index (κ1) is 21.1. The lowest BCUT2D eigenvalue weighted by Crippen LogP contribution is -2.38. The number of aromatic nitrogens is 1. The third kappa shape index (κ3) is 3.90. The predicted octanol–water partition coefficient (Wildman–Crippen LogP) is 2.87. The molecule has 1 amide bonds. The number of sulfonamides is 1. The fourth-order valence-electron chi connectivity index (χ4n) is 4.55. The van der Waals surface area contributed by atoms with Crippen LogP contribution in [0.15, 0.2) is 34.1 Å². The minimum absolute atomic E-state index is 0.0747. The highest BCUT2D eigenvalue weighted by Crippen LogP contribution is 2.24. The molecule has 1 aromatic carbocycles. The average molecular weight is 432 g/mol. The minimum atomic E-state index is -3.64. The van der Waals surface area contributed by atoms with Crippen LogP contribution in [0.1, 0.15) is 62.2 Å². The molecule has 2 aliphatic rings. The summed E-state index contributed by atoms with van der Waals surface area (Å²) in [4.78, 5) is 26.2. The molecule has 0 bridgehead atoms. The number of nitrogens with one attached hydrogen (secondary N) is 1. The summed E-state index contributed by atoms with van der Waals surface area (Å²) >= 11 is 0. The first-order valence-electron chi connectivity index (χ1n) is 10.9. The molecule has 2 fully saturated rings. The molecule has 30 heavy (non-hydrogen) atoms. The van der Waals surface area contributed by atoms with Gasteiger partial charge in [0.1, 0.15) is 5.56 Å². The van der Waals surface area contributed by atoms with Crippen molar-refractivity contribution in [3.63, 3.8) is 0 Å². The van der Waals surface area contributed by atoms with E-state index in [9.17, 15) is 18.0 Å². The lowest BCUT2D eigenvalue weighted by Gasteiger charge is -2.23. The van der Waals surface area contributed by atoms with Crippen LogP contribution in [0.3, 0.4) is 0 Å². The minimum Gasteiger partial charge on any atom is -0.349 e. The number of carbonyl (C=O) groups is 1. The standard InChI is InChI=1S/C22H29N3O4S/c1-2-24-15-19(22(27)23-16-8-4-3-5-9-16)21(26)18-14-17(10-11-20(18)24)30(28,29)25-12-6-7-13-25/h10-11,14-16H,2-9,12-13H2,1H3,(H,23,27). The fraction of sp³-hybridized carbons (Fsp3) is 0.545. The average Bonchev–Trinajstić information content (AvgIpc) is 3.30. The van der Waals surface area contributed by atoms with Gasteiger partial charge in [-0.25, -0.2) is 8.42 Å². The van der Waals surface area contributed by atoms with Gasteiger partial charge in [-0.1, -0.05) is 19.3 Å². The number of hydrogen-bond acceptors (Lipinski definition) is 4. The van der Waals surface area contributed by atoms with Gasteiger partial charge in [0, 0.05) is 37.3 Å². The molecule has 0 unspecified atom stereocenters. The number of aryl methyl sites for hydroxylation is 1. The highest BCUT2D eigenvalue weighted by atomic mass is 32.2. The van der Waals surface area contributed by atoms with Gasteiger partial charge in [0.2, 0.25) is 15.5 Å². The van der Waals surface area contributed by atoms with Crippen molar-refractivity contribution in [2.75, 3.05) is 13.1 Å². The van der Waals surface area contributed by atoms with Crippen molar-refractivity contribution in [1.82, 2.24) is 14.2 Å². The number of rotatable bonds is 5. The number of nitrogens with zero attached hydrogens (tertiary/aromatic N) is 2. The normalized spacial score (nSPS) is 18.7. The number of amides is 1.